The van der Waals surface area contributed by atoms with Gasteiger partial charge in [0.15, 0.2) is 0 Å². The summed E-state index contributed by atoms with van der Waals surface area (Å²) in [7, 11) is 0. The van der Waals surface area contributed by atoms with Crippen LogP contribution in [0.4, 0.5) is 0 Å². The molecular formula is C18H20ClNOS2. The first-order valence-corrected chi connectivity index (χ1v) is 10.1. The average molecular weight is 366 g/mol. The normalized spacial score (nSPS) is 10.5. The molecule has 0 radical (unpaired) electrons. The van der Waals surface area contributed by atoms with Crippen LogP contribution in [-0.2, 0) is 16.3 Å². The second kappa shape index (κ2) is 10.6. The fourth-order valence-electron chi connectivity index (χ4n) is 1.92. The molecule has 0 heterocycles. The van der Waals surface area contributed by atoms with Gasteiger partial charge in [-0.2, -0.15) is 11.8 Å². The Balaban J connectivity index is 1.51. The number of benzene rings is 2. The SMILES string of the molecule is O=C(CSCc1ccc(Cl)cc1)NCCSCc1ccccc1. The number of hydrogen-bond donors (Lipinski definition) is 1. The van der Waals surface area contributed by atoms with Gasteiger partial charge >= 0.3 is 0 Å². The molecule has 0 atom stereocenters. The molecule has 2 aromatic carbocycles. The lowest BCUT2D eigenvalue weighted by Gasteiger charge is -2.06. The topological polar surface area (TPSA) is 29.1 Å². The summed E-state index contributed by atoms with van der Waals surface area (Å²) in [4.78, 5) is 11.8. The summed E-state index contributed by atoms with van der Waals surface area (Å²) in [5, 5.41) is 3.70. The zero-order valence-corrected chi connectivity index (χ0v) is 15.2. The molecule has 0 aliphatic rings. The van der Waals surface area contributed by atoms with Gasteiger partial charge in [0, 0.05) is 28.8 Å². The van der Waals surface area contributed by atoms with Gasteiger partial charge in [-0.1, -0.05) is 54.1 Å². The van der Waals surface area contributed by atoms with Crippen molar-refractivity contribution in [2.24, 2.45) is 0 Å². The monoisotopic (exact) mass is 365 g/mol. The molecule has 23 heavy (non-hydrogen) atoms. The summed E-state index contributed by atoms with van der Waals surface area (Å²) in [6.45, 7) is 0.720. The lowest BCUT2D eigenvalue weighted by atomic mass is 10.2. The highest BCUT2D eigenvalue weighted by atomic mass is 35.5. The van der Waals surface area contributed by atoms with Crippen LogP contribution in [0.1, 0.15) is 11.1 Å². The summed E-state index contributed by atoms with van der Waals surface area (Å²) in [6, 6.07) is 18.1. The number of hydrogen-bond acceptors (Lipinski definition) is 3. The first kappa shape index (κ1) is 18.2. The molecule has 0 aromatic heterocycles. The molecule has 1 amide bonds. The molecule has 2 nitrogen and oxygen atoms in total. The van der Waals surface area contributed by atoms with Crippen LogP contribution in [0.15, 0.2) is 54.6 Å². The summed E-state index contributed by atoms with van der Waals surface area (Å²) in [5.41, 5.74) is 2.51. The largest absolute Gasteiger partial charge is 0.355 e. The van der Waals surface area contributed by atoms with Crippen molar-refractivity contribution >= 4 is 41.0 Å². The molecule has 0 fully saturated rings. The van der Waals surface area contributed by atoms with E-state index in [9.17, 15) is 4.79 Å². The lowest BCUT2D eigenvalue weighted by molar-refractivity contribution is -0.118. The van der Waals surface area contributed by atoms with Gasteiger partial charge in [0.25, 0.3) is 0 Å². The minimum absolute atomic E-state index is 0.101. The van der Waals surface area contributed by atoms with E-state index in [1.54, 1.807) is 11.8 Å². The number of halogens is 1. The summed E-state index contributed by atoms with van der Waals surface area (Å²) in [6.07, 6.45) is 0. The van der Waals surface area contributed by atoms with Crippen LogP contribution in [-0.4, -0.2) is 24.0 Å². The van der Waals surface area contributed by atoms with Gasteiger partial charge in [-0.25, -0.2) is 0 Å². The molecule has 0 spiro atoms. The van der Waals surface area contributed by atoms with E-state index >= 15 is 0 Å². The third kappa shape index (κ3) is 7.82. The molecular weight excluding hydrogens is 346 g/mol. The van der Waals surface area contributed by atoms with Gasteiger partial charge < -0.3 is 5.32 Å². The van der Waals surface area contributed by atoms with E-state index in [-0.39, 0.29) is 5.91 Å². The average Bonchev–Trinajstić information content (AvgIpc) is 2.57. The number of rotatable bonds is 9. The fraction of sp³-hybridized carbons (Fsp3) is 0.278. The molecule has 0 saturated carbocycles. The van der Waals surface area contributed by atoms with Crippen molar-refractivity contribution in [3.63, 3.8) is 0 Å². The number of nitrogens with one attached hydrogen (secondary N) is 1. The third-order valence-corrected chi connectivity index (χ3v) is 5.38. The maximum Gasteiger partial charge on any atom is 0.230 e. The number of carbonyl (C=O) groups is 1. The van der Waals surface area contributed by atoms with Crippen LogP contribution in [0.3, 0.4) is 0 Å². The van der Waals surface area contributed by atoms with Crippen molar-refractivity contribution in [2.75, 3.05) is 18.1 Å². The number of carbonyl (C=O) groups excluding carboxylic acids is 1. The van der Waals surface area contributed by atoms with Gasteiger partial charge in [0.1, 0.15) is 0 Å². The third-order valence-electron chi connectivity index (χ3n) is 3.10. The van der Waals surface area contributed by atoms with Crippen LogP contribution in [0.2, 0.25) is 5.02 Å². The highest BCUT2D eigenvalue weighted by molar-refractivity contribution is 7.99. The highest BCUT2D eigenvalue weighted by Gasteiger charge is 2.02. The van der Waals surface area contributed by atoms with Gasteiger partial charge in [-0.3, -0.25) is 4.79 Å². The van der Waals surface area contributed by atoms with Crippen LogP contribution >= 0.6 is 35.1 Å². The Morgan fingerprint density at radius 1 is 0.913 bits per heavy atom. The first-order valence-electron chi connectivity index (χ1n) is 7.44. The zero-order valence-electron chi connectivity index (χ0n) is 12.8. The number of thioether (sulfide) groups is 2. The predicted molar refractivity (Wildman–Crippen MR) is 103 cm³/mol. The summed E-state index contributed by atoms with van der Waals surface area (Å²) >= 11 is 9.30. The van der Waals surface area contributed by atoms with E-state index in [0.717, 1.165) is 28.8 Å². The highest BCUT2D eigenvalue weighted by Crippen LogP contribution is 2.15. The molecule has 0 aliphatic carbocycles. The molecule has 5 heteroatoms. The van der Waals surface area contributed by atoms with E-state index < -0.39 is 0 Å². The zero-order chi connectivity index (χ0) is 16.3. The molecule has 1 N–H and O–H groups in total. The van der Waals surface area contributed by atoms with Gasteiger partial charge in [0.05, 0.1) is 5.75 Å². The summed E-state index contributed by atoms with van der Waals surface area (Å²) < 4.78 is 0. The van der Waals surface area contributed by atoms with Crippen molar-refractivity contribution in [1.82, 2.24) is 5.32 Å². The fourth-order valence-corrected chi connectivity index (χ4v) is 3.68. The van der Waals surface area contributed by atoms with Gasteiger partial charge in [-0.15, -0.1) is 11.8 Å². The van der Waals surface area contributed by atoms with Crippen molar-refractivity contribution < 1.29 is 4.79 Å². The Morgan fingerprint density at radius 3 is 2.30 bits per heavy atom. The van der Waals surface area contributed by atoms with E-state index in [2.05, 4.69) is 29.6 Å². The minimum Gasteiger partial charge on any atom is -0.355 e. The second-order valence-corrected chi connectivity index (χ2v) is 7.53. The molecule has 122 valence electrons. The van der Waals surface area contributed by atoms with E-state index in [4.69, 9.17) is 11.6 Å². The van der Waals surface area contributed by atoms with Crippen molar-refractivity contribution in [3.8, 4) is 0 Å². The molecule has 0 aliphatic heterocycles. The van der Waals surface area contributed by atoms with Crippen LogP contribution in [0.5, 0.6) is 0 Å². The lowest BCUT2D eigenvalue weighted by Crippen LogP contribution is -2.27. The second-order valence-electron chi connectivity index (χ2n) is 5.01. The Labute approximate surface area is 151 Å². The molecule has 2 rings (SSSR count). The maximum atomic E-state index is 11.8. The van der Waals surface area contributed by atoms with E-state index in [1.165, 1.54) is 11.1 Å². The van der Waals surface area contributed by atoms with Crippen LogP contribution in [0, 0.1) is 0 Å². The first-order chi connectivity index (χ1) is 11.2. The Morgan fingerprint density at radius 2 is 1.57 bits per heavy atom. The van der Waals surface area contributed by atoms with Crippen molar-refractivity contribution in [3.05, 3.63) is 70.7 Å². The molecule has 0 unspecified atom stereocenters. The van der Waals surface area contributed by atoms with Gasteiger partial charge in [-0.05, 0) is 23.3 Å². The standard InChI is InChI=1S/C18H20ClNOS2/c19-17-8-6-16(7-9-17)13-23-14-18(21)20-10-11-22-12-15-4-2-1-3-5-15/h1-9H,10-14H2,(H,20,21). The van der Waals surface area contributed by atoms with E-state index in [0.29, 0.717) is 5.75 Å². The Kier molecular flexibility index (Phi) is 8.43. The summed E-state index contributed by atoms with van der Waals surface area (Å²) in [5.74, 6) is 3.34. The van der Waals surface area contributed by atoms with Crippen molar-refractivity contribution in [2.45, 2.75) is 11.5 Å². The maximum absolute atomic E-state index is 11.8. The van der Waals surface area contributed by atoms with E-state index in [1.807, 2.05) is 42.1 Å². The van der Waals surface area contributed by atoms with Gasteiger partial charge in [0.2, 0.25) is 5.91 Å². The van der Waals surface area contributed by atoms with Crippen LogP contribution < -0.4 is 5.32 Å². The smallest absolute Gasteiger partial charge is 0.230 e. The Hall–Kier alpha value is -1.10. The molecule has 0 bridgehead atoms. The predicted octanol–water partition coefficient (Wildman–Crippen LogP) is 4.62. The Bertz CT molecular complexity index is 590. The molecule has 0 saturated heterocycles. The minimum atomic E-state index is 0.101. The quantitative estimate of drug-likeness (QED) is 0.657. The van der Waals surface area contributed by atoms with Crippen molar-refractivity contribution in [1.29, 1.82) is 0 Å². The van der Waals surface area contributed by atoms with Crippen LogP contribution in [0.25, 0.3) is 0 Å². The molecule has 2 aromatic rings. The number of amides is 1.